The second-order valence-electron chi connectivity index (χ2n) is 6.64. The van der Waals surface area contributed by atoms with Crippen LogP contribution < -0.4 is 5.32 Å². The van der Waals surface area contributed by atoms with Gasteiger partial charge in [0.2, 0.25) is 5.12 Å². The van der Waals surface area contributed by atoms with E-state index in [1.165, 1.54) is 0 Å². The van der Waals surface area contributed by atoms with Gasteiger partial charge in [0.1, 0.15) is 0 Å². The van der Waals surface area contributed by atoms with E-state index in [-0.39, 0.29) is 28.8 Å². The molecule has 0 radical (unpaired) electrons. The zero-order valence-corrected chi connectivity index (χ0v) is 17.8. The summed E-state index contributed by atoms with van der Waals surface area (Å²) in [6.07, 6.45) is 0. The molecule has 1 saturated heterocycles. The summed E-state index contributed by atoms with van der Waals surface area (Å²) in [5.74, 6) is 0. The Hall–Kier alpha value is -2.51. The number of carbonyl (C=O) groups is 3. The average Bonchev–Trinajstić information content (AvgIpc) is 2.72. The molecule has 1 fully saturated rings. The molecule has 0 saturated carbocycles. The first-order valence-corrected chi connectivity index (χ1v) is 9.99. The quantitative estimate of drug-likeness (QED) is 0.795. The number of thioether (sulfide) groups is 1. The molecule has 0 bridgehead atoms. The summed E-state index contributed by atoms with van der Waals surface area (Å²) in [5, 5.41) is 2.39. The van der Waals surface area contributed by atoms with Crippen LogP contribution >= 0.6 is 24.2 Å². The number of amides is 3. The van der Waals surface area contributed by atoms with E-state index >= 15 is 0 Å². The summed E-state index contributed by atoms with van der Waals surface area (Å²) in [6.45, 7) is 4.23. The van der Waals surface area contributed by atoms with Crippen LogP contribution in [-0.4, -0.2) is 52.4 Å². The molecular formula is C21H24ClN3O3S. The normalized spacial score (nSPS) is 13.4. The highest BCUT2D eigenvalue weighted by atomic mass is 35.5. The van der Waals surface area contributed by atoms with Crippen LogP contribution in [0.1, 0.15) is 21.5 Å². The molecule has 6 nitrogen and oxygen atoms in total. The Labute approximate surface area is 181 Å². The lowest BCUT2D eigenvalue weighted by Crippen LogP contribution is -2.52. The van der Waals surface area contributed by atoms with Gasteiger partial charge >= 0.3 is 6.03 Å². The van der Waals surface area contributed by atoms with Crippen LogP contribution in [0.3, 0.4) is 0 Å². The fourth-order valence-electron chi connectivity index (χ4n) is 2.98. The second-order valence-corrected chi connectivity index (χ2v) is 7.57. The molecule has 2 aromatic carbocycles. The molecule has 3 rings (SSSR count). The number of hydrogen-bond donors (Lipinski definition) is 1. The van der Waals surface area contributed by atoms with Gasteiger partial charge in [-0.05, 0) is 12.5 Å². The molecule has 0 aromatic heterocycles. The van der Waals surface area contributed by atoms with E-state index in [2.05, 4.69) is 5.32 Å². The number of urea groups is 1. The first-order chi connectivity index (χ1) is 13.5. The van der Waals surface area contributed by atoms with Gasteiger partial charge in [-0.3, -0.25) is 9.59 Å². The van der Waals surface area contributed by atoms with Crippen LogP contribution in [0.2, 0.25) is 0 Å². The van der Waals surface area contributed by atoms with E-state index in [9.17, 15) is 14.4 Å². The van der Waals surface area contributed by atoms with Gasteiger partial charge < -0.3 is 15.1 Å². The zero-order chi connectivity index (χ0) is 19.9. The fraction of sp³-hybridized carbons (Fsp3) is 0.286. The van der Waals surface area contributed by atoms with Gasteiger partial charge in [-0.2, -0.15) is 0 Å². The Morgan fingerprint density at radius 2 is 1.59 bits per heavy atom. The number of rotatable bonds is 3. The number of piperazine rings is 1. The molecule has 2 aromatic rings. The Balaban J connectivity index is 0.00000300. The number of aryl methyl sites for hydroxylation is 1. The minimum absolute atomic E-state index is 0. The molecule has 8 heteroatoms. The number of carbonyl (C=O) groups excluding carboxylic acids is 3. The number of nitrogens with zero attached hydrogens (tertiary/aromatic N) is 2. The highest BCUT2D eigenvalue weighted by Crippen LogP contribution is 2.17. The van der Waals surface area contributed by atoms with Crippen molar-refractivity contribution in [2.45, 2.75) is 13.5 Å². The average molecular weight is 434 g/mol. The Bertz CT molecular complexity index is 855. The SMILES string of the molecule is Cc1cccc(CNC(=O)N2CCN(C(=O)SC(=O)c3ccccc3)CC2)c1.Cl. The lowest BCUT2D eigenvalue weighted by molar-refractivity contribution is 0.108. The van der Waals surface area contributed by atoms with Crippen molar-refractivity contribution in [3.05, 3.63) is 71.3 Å². The van der Waals surface area contributed by atoms with Crippen molar-refractivity contribution < 1.29 is 14.4 Å². The first kappa shape index (κ1) is 22.8. The summed E-state index contributed by atoms with van der Waals surface area (Å²) in [5.41, 5.74) is 2.72. The maximum atomic E-state index is 12.3. The van der Waals surface area contributed by atoms with Crippen molar-refractivity contribution in [2.24, 2.45) is 0 Å². The topological polar surface area (TPSA) is 69.7 Å². The Kier molecular flexibility index (Phi) is 8.54. The van der Waals surface area contributed by atoms with Crippen molar-refractivity contribution in [1.82, 2.24) is 15.1 Å². The van der Waals surface area contributed by atoms with Gasteiger partial charge in [-0.15, -0.1) is 12.4 Å². The van der Waals surface area contributed by atoms with Crippen LogP contribution in [0.15, 0.2) is 54.6 Å². The third-order valence-electron chi connectivity index (χ3n) is 4.54. The summed E-state index contributed by atoms with van der Waals surface area (Å²) >= 11 is 0.707. The van der Waals surface area contributed by atoms with Crippen LogP contribution in [0.5, 0.6) is 0 Å². The molecule has 0 unspecified atom stereocenters. The van der Waals surface area contributed by atoms with Gasteiger partial charge in [0.05, 0.1) is 0 Å². The lowest BCUT2D eigenvalue weighted by atomic mass is 10.1. The molecule has 1 aliphatic heterocycles. The third-order valence-corrected chi connectivity index (χ3v) is 5.39. The van der Waals surface area contributed by atoms with E-state index in [4.69, 9.17) is 0 Å². The van der Waals surface area contributed by atoms with Crippen molar-refractivity contribution in [3.8, 4) is 0 Å². The minimum Gasteiger partial charge on any atom is -0.334 e. The Morgan fingerprint density at radius 1 is 0.931 bits per heavy atom. The molecular weight excluding hydrogens is 410 g/mol. The zero-order valence-electron chi connectivity index (χ0n) is 16.2. The van der Waals surface area contributed by atoms with Gasteiger partial charge in [-0.25, -0.2) is 4.79 Å². The predicted octanol–water partition coefficient (Wildman–Crippen LogP) is 3.94. The van der Waals surface area contributed by atoms with E-state index in [1.807, 2.05) is 37.3 Å². The van der Waals surface area contributed by atoms with E-state index < -0.39 is 0 Å². The molecule has 29 heavy (non-hydrogen) atoms. The molecule has 3 amide bonds. The molecule has 154 valence electrons. The number of halogens is 1. The summed E-state index contributed by atoms with van der Waals surface area (Å²) in [7, 11) is 0. The van der Waals surface area contributed by atoms with Crippen molar-refractivity contribution in [3.63, 3.8) is 0 Å². The minimum atomic E-state index is -0.270. The van der Waals surface area contributed by atoms with Gasteiger partial charge in [0.15, 0.2) is 0 Å². The van der Waals surface area contributed by atoms with Gasteiger partial charge in [-0.1, -0.05) is 60.2 Å². The molecule has 1 heterocycles. The monoisotopic (exact) mass is 433 g/mol. The van der Waals surface area contributed by atoms with Crippen LogP contribution in [0, 0.1) is 6.92 Å². The molecule has 0 atom stereocenters. The van der Waals surface area contributed by atoms with Crippen molar-refractivity contribution >= 4 is 40.6 Å². The maximum Gasteiger partial charge on any atom is 0.317 e. The molecule has 1 N–H and O–H groups in total. The van der Waals surface area contributed by atoms with Crippen LogP contribution in [0.4, 0.5) is 9.59 Å². The standard InChI is InChI=1S/C21H23N3O3S.ClH/c1-16-6-5-7-17(14-16)15-22-20(26)23-10-12-24(13-11-23)21(27)28-19(25)18-8-3-2-4-9-18;/h2-9,14H,10-13,15H2,1H3,(H,22,26);1H. The number of hydrogen-bond acceptors (Lipinski definition) is 4. The largest absolute Gasteiger partial charge is 0.334 e. The van der Waals surface area contributed by atoms with E-state index in [0.29, 0.717) is 50.0 Å². The van der Waals surface area contributed by atoms with Gasteiger partial charge in [0.25, 0.3) is 5.24 Å². The van der Waals surface area contributed by atoms with Crippen LogP contribution in [-0.2, 0) is 6.54 Å². The molecule has 0 aliphatic carbocycles. The second kappa shape index (κ2) is 10.9. The highest BCUT2D eigenvalue weighted by Gasteiger charge is 2.26. The molecule has 1 aliphatic rings. The molecule has 0 spiro atoms. The summed E-state index contributed by atoms with van der Waals surface area (Å²) in [6, 6.07) is 16.6. The summed E-state index contributed by atoms with van der Waals surface area (Å²) in [4.78, 5) is 40.2. The number of benzene rings is 2. The lowest BCUT2D eigenvalue weighted by Gasteiger charge is -2.34. The fourth-order valence-corrected chi connectivity index (χ4v) is 3.70. The Morgan fingerprint density at radius 3 is 2.24 bits per heavy atom. The first-order valence-electron chi connectivity index (χ1n) is 9.17. The van der Waals surface area contributed by atoms with Crippen LogP contribution in [0.25, 0.3) is 0 Å². The smallest absolute Gasteiger partial charge is 0.317 e. The van der Waals surface area contributed by atoms with Crippen molar-refractivity contribution in [2.75, 3.05) is 26.2 Å². The predicted molar refractivity (Wildman–Crippen MR) is 118 cm³/mol. The number of nitrogens with one attached hydrogen (secondary N) is 1. The highest BCUT2D eigenvalue weighted by molar-refractivity contribution is 8.26. The van der Waals surface area contributed by atoms with E-state index in [1.54, 1.807) is 34.1 Å². The summed E-state index contributed by atoms with van der Waals surface area (Å²) < 4.78 is 0. The van der Waals surface area contributed by atoms with Gasteiger partial charge in [0, 0.05) is 50.0 Å². The maximum absolute atomic E-state index is 12.3. The third kappa shape index (κ3) is 6.51. The van der Waals surface area contributed by atoms with Crippen molar-refractivity contribution in [1.29, 1.82) is 0 Å². The van der Waals surface area contributed by atoms with E-state index in [0.717, 1.165) is 11.1 Å².